The first-order chi connectivity index (χ1) is 16.5. The third-order valence-corrected chi connectivity index (χ3v) is 7.02. The fourth-order valence-electron chi connectivity index (χ4n) is 4.89. The van der Waals surface area contributed by atoms with Gasteiger partial charge in [-0.1, -0.05) is 0 Å². The Morgan fingerprint density at radius 3 is 2.74 bits per heavy atom. The number of rotatable bonds is 4. The van der Waals surface area contributed by atoms with Crippen LogP contribution in [0.3, 0.4) is 0 Å². The summed E-state index contributed by atoms with van der Waals surface area (Å²) in [6.45, 7) is 1.02. The fraction of sp³-hybridized carbons (Fsp3) is 0.440. The Labute approximate surface area is 195 Å². The van der Waals surface area contributed by atoms with E-state index in [0.29, 0.717) is 61.2 Å². The molecule has 0 unspecified atom stereocenters. The normalized spacial score (nSPS) is 22.7. The number of amides is 1. The zero-order chi connectivity index (χ0) is 23.4. The van der Waals surface area contributed by atoms with Crippen LogP contribution in [0, 0.1) is 11.6 Å². The largest absolute Gasteiger partial charge is 0.373 e. The second-order valence-corrected chi connectivity index (χ2v) is 9.42. The van der Waals surface area contributed by atoms with E-state index in [1.165, 1.54) is 12.1 Å². The maximum atomic E-state index is 14.8. The standard InChI is InChI=1S/C25H25F2N5O2/c1-31-8-6-19-22(18-5-2-16(26)11-20(18)27)29-24(30-23(19)25(31)33)14-7-9-34-21(10-14)15-12-28-32(13-15)17-3-4-17/h2,5,11-14,17,21H,3-4,6-10H2,1H3/t14-,21+/m1/s1. The Morgan fingerprint density at radius 1 is 1.12 bits per heavy atom. The van der Waals surface area contributed by atoms with Crippen LogP contribution in [0.15, 0.2) is 30.6 Å². The summed E-state index contributed by atoms with van der Waals surface area (Å²) >= 11 is 0. The molecule has 0 radical (unpaired) electrons. The number of fused-ring (bicyclic) bond motifs is 1. The lowest BCUT2D eigenvalue weighted by atomic mass is 9.91. The summed E-state index contributed by atoms with van der Waals surface area (Å²) in [4.78, 5) is 24.1. The van der Waals surface area contributed by atoms with Crippen molar-refractivity contribution in [2.75, 3.05) is 20.2 Å². The van der Waals surface area contributed by atoms with Crippen molar-refractivity contribution in [2.24, 2.45) is 0 Å². The average Bonchev–Trinajstić information content (AvgIpc) is 3.57. The van der Waals surface area contributed by atoms with E-state index >= 15 is 0 Å². The van der Waals surface area contributed by atoms with Crippen molar-refractivity contribution in [3.8, 4) is 11.3 Å². The number of carbonyl (C=O) groups excluding carboxylic acids is 1. The number of likely N-dealkylation sites (N-methyl/N-ethyl adjacent to an activating group) is 1. The lowest BCUT2D eigenvalue weighted by molar-refractivity contribution is 0.00387. The Morgan fingerprint density at radius 2 is 1.94 bits per heavy atom. The molecule has 1 aromatic carbocycles. The first-order valence-electron chi connectivity index (χ1n) is 11.8. The van der Waals surface area contributed by atoms with Crippen molar-refractivity contribution in [1.82, 2.24) is 24.6 Å². The van der Waals surface area contributed by atoms with Crippen molar-refractivity contribution in [1.29, 1.82) is 0 Å². The van der Waals surface area contributed by atoms with Gasteiger partial charge in [-0.25, -0.2) is 18.7 Å². The Hall–Kier alpha value is -3.20. The lowest BCUT2D eigenvalue weighted by Crippen LogP contribution is -2.36. The monoisotopic (exact) mass is 465 g/mol. The van der Waals surface area contributed by atoms with Crippen LogP contribution < -0.4 is 0 Å². The quantitative estimate of drug-likeness (QED) is 0.577. The second-order valence-electron chi connectivity index (χ2n) is 9.42. The van der Waals surface area contributed by atoms with Crippen LogP contribution in [0.25, 0.3) is 11.3 Å². The molecular weight excluding hydrogens is 440 g/mol. The Kier molecular flexibility index (Phi) is 5.17. The molecule has 0 bridgehead atoms. The predicted octanol–water partition coefficient (Wildman–Crippen LogP) is 4.22. The van der Waals surface area contributed by atoms with Crippen molar-refractivity contribution in [3.05, 3.63) is 64.9 Å². The number of ether oxygens (including phenoxy) is 1. The topological polar surface area (TPSA) is 73.1 Å². The van der Waals surface area contributed by atoms with E-state index in [1.807, 2.05) is 10.9 Å². The molecule has 6 rings (SSSR count). The summed E-state index contributed by atoms with van der Waals surface area (Å²) in [6.07, 6.45) is 7.93. The molecule has 0 N–H and O–H groups in total. The van der Waals surface area contributed by atoms with E-state index in [2.05, 4.69) is 11.3 Å². The van der Waals surface area contributed by atoms with Crippen molar-refractivity contribution < 1.29 is 18.3 Å². The van der Waals surface area contributed by atoms with Gasteiger partial charge in [0.05, 0.1) is 24.0 Å². The molecule has 3 aromatic rings. The number of halogens is 2. The number of aromatic nitrogens is 4. The number of hydrogen-bond donors (Lipinski definition) is 0. The summed E-state index contributed by atoms with van der Waals surface area (Å²) in [5.74, 6) is -1.11. The predicted molar refractivity (Wildman–Crippen MR) is 119 cm³/mol. The van der Waals surface area contributed by atoms with Crippen LogP contribution in [-0.4, -0.2) is 50.8 Å². The number of hydrogen-bond acceptors (Lipinski definition) is 5. The van der Waals surface area contributed by atoms with E-state index in [9.17, 15) is 13.6 Å². The van der Waals surface area contributed by atoms with Gasteiger partial charge in [0.25, 0.3) is 5.91 Å². The molecule has 0 spiro atoms. The molecule has 34 heavy (non-hydrogen) atoms. The van der Waals surface area contributed by atoms with Gasteiger partial charge in [0.15, 0.2) is 0 Å². The van der Waals surface area contributed by atoms with E-state index in [4.69, 9.17) is 14.7 Å². The number of carbonyl (C=O) groups is 1. The number of benzene rings is 1. The molecule has 1 saturated carbocycles. The first kappa shape index (κ1) is 21.3. The molecule has 7 nitrogen and oxygen atoms in total. The number of nitrogens with zero attached hydrogens (tertiary/aromatic N) is 5. The van der Waals surface area contributed by atoms with E-state index < -0.39 is 11.6 Å². The maximum absolute atomic E-state index is 14.8. The minimum atomic E-state index is -0.699. The molecule has 2 aromatic heterocycles. The van der Waals surface area contributed by atoms with Crippen LogP contribution in [-0.2, 0) is 11.2 Å². The van der Waals surface area contributed by atoms with Gasteiger partial charge in [-0.05, 0) is 44.2 Å². The fourth-order valence-corrected chi connectivity index (χ4v) is 4.89. The van der Waals surface area contributed by atoms with Gasteiger partial charge in [0.1, 0.15) is 23.2 Å². The van der Waals surface area contributed by atoms with Crippen molar-refractivity contribution in [3.63, 3.8) is 0 Å². The van der Waals surface area contributed by atoms with Gasteiger partial charge in [0, 0.05) is 55.1 Å². The SMILES string of the molecule is CN1CCc2c(nc([C@@H]3CCO[C@H](c4cnn(C5CC5)c4)C3)nc2-c2ccc(F)cc2F)C1=O. The Bertz CT molecular complexity index is 1270. The molecule has 3 aliphatic rings. The van der Waals surface area contributed by atoms with Gasteiger partial charge in [-0.2, -0.15) is 5.10 Å². The second kappa shape index (κ2) is 8.23. The molecule has 9 heteroatoms. The molecule has 176 valence electrons. The minimum Gasteiger partial charge on any atom is -0.373 e. The van der Waals surface area contributed by atoms with E-state index in [0.717, 1.165) is 24.5 Å². The molecule has 2 aliphatic heterocycles. The summed E-state index contributed by atoms with van der Waals surface area (Å²) in [5, 5.41) is 4.48. The summed E-state index contributed by atoms with van der Waals surface area (Å²) in [7, 11) is 1.73. The highest BCUT2D eigenvalue weighted by Gasteiger charge is 2.34. The van der Waals surface area contributed by atoms with Crippen molar-refractivity contribution in [2.45, 2.75) is 50.2 Å². The molecule has 1 aliphatic carbocycles. The molecular formula is C25H25F2N5O2. The van der Waals surface area contributed by atoms with E-state index in [1.54, 1.807) is 11.9 Å². The van der Waals surface area contributed by atoms with Gasteiger partial charge in [-0.3, -0.25) is 9.48 Å². The summed E-state index contributed by atoms with van der Waals surface area (Å²) < 4.78 is 36.4. The van der Waals surface area contributed by atoms with Crippen molar-refractivity contribution >= 4 is 5.91 Å². The molecule has 1 amide bonds. The van der Waals surface area contributed by atoms with Crippen LogP contribution in [0.2, 0.25) is 0 Å². The Balaban J connectivity index is 1.38. The van der Waals surface area contributed by atoms with Gasteiger partial charge < -0.3 is 9.64 Å². The smallest absolute Gasteiger partial charge is 0.272 e. The zero-order valence-corrected chi connectivity index (χ0v) is 18.9. The van der Waals surface area contributed by atoms with Crippen LogP contribution in [0.5, 0.6) is 0 Å². The van der Waals surface area contributed by atoms with E-state index in [-0.39, 0.29) is 23.5 Å². The highest BCUT2D eigenvalue weighted by atomic mass is 19.1. The molecule has 2 fully saturated rings. The van der Waals surface area contributed by atoms with Gasteiger partial charge >= 0.3 is 0 Å². The van der Waals surface area contributed by atoms with Gasteiger partial charge in [-0.15, -0.1) is 0 Å². The van der Waals surface area contributed by atoms with Crippen LogP contribution in [0.1, 0.15) is 71.2 Å². The lowest BCUT2D eigenvalue weighted by Gasteiger charge is -2.30. The third-order valence-electron chi connectivity index (χ3n) is 7.02. The van der Waals surface area contributed by atoms with Crippen LogP contribution >= 0.6 is 0 Å². The molecule has 2 atom stereocenters. The van der Waals surface area contributed by atoms with Gasteiger partial charge in [0.2, 0.25) is 0 Å². The summed E-state index contributed by atoms with van der Waals surface area (Å²) in [6, 6.07) is 3.94. The summed E-state index contributed by atoms with van der Waals surface area (Å²) in [5.41, 5.74) is 2.51. The first-order valence-corrected chi connectivity index (χ1v) is 11.8. The molecule has 4 heterocycles. The third kappa shape index (κ3) is 3.77. The average molecular weight is 466 g/mol. The maximum Gasteiger partial charge on any atom is 0.272 e. The van der Waals surface area contributed by atoms with Crippen LogP contribution in [0.4, 0.5) is 8.78 Å². The highest BCUT2D eigenvalue weighted by molar-refractivity contribution is 5.96. The minimum absolute atomic E-state index is 0.0596. The highest BCUT2D eigenvalue weighted by Crippen LogP contribution is 2.40. The zero-order valence-electron chi connectivity index (χ0n) is 18.9. The molecule has 1 saturated heterocycles.